The fraction of sp³-hybridized carbons (Fsp3) is 0.286. The summed E-state index contributed by atoms with van der Waals surface area (Å²) >= 11 is 0. The molecule has 1 aromatic heterocycles. The molecule has 1 aromatic carbocycles. The van der Waals surface area contributed by atoms with E-state index in [2.05, 4.69) is 15.6 Å². The molecule has 1 heterocycles. The van der Waals surface area contributed by atoms with Crippen LogP contribution >= 0.6 is 0 Å². The van der Waals surface area contributed by atoms with Crippen LogP contribution in [0.25, 0.3) is 0 Å². The molecule has 21 heavy (non-hydrogen) atoms. The Bertz CT molecular complexity index is 664. The zero-order valence-corrected chi connectivity index (χ0v) is 11.8. The summed E-state index contributed by atoms with van der Waals surface area (Å²) in [5.41, 5.74) is 1.61. The minimum absolute atomic E-state index is 0.123. The zero-order valence-electron chi connectivity index (χ0n) is 11.8. The third kappa shape index (κ3) is 3.44. The number of hydrogen-bond donors (Lipinski definition) is 2. The van der Waals surface area contributed by atoms with Crippen LogP contribution in [0.15, 0.2) is 30.5 Å². The SMILES string of the molecule is CC(C)c1ccccc1NC(=O)Cn1nncc1C(=O)O. The molecule has 7 heteroatoms. The molecule has 0 aliphatic heterocycles. The Morgan fingerprint density at radius 2 is 2.05 bits per heavy atom. The average Bonchev–Trinajstić information content (AvgIpc) is 2.87. The van der Waals surface area contributed by atoms with Gasteiger partial charge in [0.25, 0.3) is 0 Å². The number of carbonyl (C=O) groups is 2. The Kier molecular flexibility index (Phi) is 4.32. The topological polar surface area (TPSA) is 97.1 Å². The van der Waals surface area contributed by atoms with Gasteiger partial charge in [-0.1, -0.05) is 37.3 Å². The Labute approximate surface area is 121 Å². The van der Waals surface area contributed by atoms with Crippen LogP contribution in [0.5, 0.6) is 0 Å². The van der Waals surface area contributed by atoms with Crippen LogP contribution in [0.4, 0.5) is 5.69 Å². The number of aromatic carboxylic acids is 1. The molecule has 7 nitrogen and oxygen atoms in total. The highest BCUT2D eigenvalue weighted by Crippen LogP contribution is 2.23. The van der Waals surface area contributed by atoms with E-state index in [-0.39, 0.29) is 24.1 Å². The first-order valence-corrected chi connectivity index (χ1v) is 6.49. The average molecular weight is 288 g/mol. The summed E-state index contributed by atoms with van der Waals surface area (Å²) in [7, 11) is 0. The van der Waals surface area contributed by atoms with Crippen LogP contribution in [-0.4, -0.2) is 32.0 Å². The molecule has 0 radical (unpaired) electrons. The maximum Gasteiger partial charge on any atom is 0.355 e. The third-order valence-corrected chi connectivity index (χ3v) is 2.99. The highest BCUT2D eigenvalue weighted by Gasteiger charge is 2.15. The van der Waals surface area contributed by atoms with E-state index in [4.69, 9.17) is 5.11 Å². The van der Waals surface area contributed by atoms with Crippen molar-refractivity contribution < 1.29 is 14.7 Å². The second-order valence-electron chi connectivity index (χ2n) is 4.87. The standard InChI is InChI=1S/C14H16N4O3/c1-9(2)10-5-3-4-6-11(10)16-13(19)8-18-12(14(20)21)7-15-17-18/h3-7,9H,8H2,1-2H3,(H,16,19)(H,20,21). The van der Waals surface area contributed by atoms with Gasteiger partial charge in [0.2, 0.25) is 5.91 Å². The molecular weight excluding hydrogens is 272 g/mol. The van der Waals surface area contributed by atoms with Crippen molar-refractivity contribution in [3.05, 3.63) is 41.7 Å². The number of para-hydroxylation sites is 1. The number of nitrogens with zero attached hydrogens (tertiary/aromatic N) is 3. The van der Waals surface area contributed by atoms with E-state index < -0.39 is 5.97 Å². The van der Waals surface area contributed by atoms with E-state index in [9.17, 15) is 9.59 Å². The van der Waals surface area contributed by atoms with Gasteiger partial charge in [-0.2, -0.15) is 0 Å². The van der Waals surface area contributed by atoms with Crippen LogP contribution in [0.1, 0.15) is 35.8 Å². The van der Waals surface area contributed by atoms with Crippen molar-refractivity contribution in [2.24, 2.45) is 0 Å². The summed E-state index contributed by atoms with van der Waals surface area (Å²) in [6, 6.07) is 7.50. The molecule has 2 aromatic rings. The van der Waals surface area contributed by atoms with Crippen LogP contribution in [0.3, 0.4) is 0 Å². The number of anilines is 1. The number of benzene rings is 1. The summed E-state index contributed by atoms with van der Waals surface area (Å²) in [4.78, 5) is 23.0. The van der Waals surface area contributed by atoms with E-state index in [1.165, 1.54) is 0 Å². The van der Waals surface area contributed by atoms with E-state index >= 15 is 0 Å². The lowest BCUT2D eigenvalue weighted by Crippen LogP contribution is -2.22. The normalized spacial score (nSPS) is 10.6. The van der Waals surface area contributed by atoms with Crippen LogP contribution in [0, 0.1) is 0 Å². The van der Waals surface area contributed by atoms with Gasteiger partial charge in [-0.05, 0) is 17.5 Å². The lowest BCUT2D eigenvalue weighted by molar-refractivity contribution is -0.116. The minimum Gasteiger partial charge on any atom is -0.476 e. The first-order chi connectivity index (χ1) is 9.99. The van der Waals surface area contributed by atoms with Gasteiger partial charge in [0.05, 0.1) is 6.20 Å². The number of aromatic nitrogens is 3. The fourth-order valence-corrected chi connectivity index (χ4v) is 1.98. The number of carboxylic acid groups (broad SMARTS) is 1. The number of carboxylic acids is 1. The third-order valence-electron chi connectivity index (χ3n) is 2.99. The summed E-state index contributed by atoms with van der Waals surface area (Å²) in [5, 5.41) is 18.8. The van der Waals surface area contributed by atoms with Gasteiger partial charge >= 0.3 is 5.97 Å². The molecule has 0 bridgehead atoms. The lowest BCUT2D eigenvalue weighted by Gasteiger charge is -2.13. The molecule has 0 unspecified atom stereocenters. The molecule has 110 valence electrons. The van der Waals surface area contributed by atoms with Crippen molar-refractivity contribution in [3.63, 3.8) is 0 Å². The van der Waals surface area contributed by atoms with Gasteiger partial charge in [-0.25, -0.2) is 9.48 Å². The van der Waals surface area contributed by atoms with Gasteiger partial charge < -0.3 is 10.4 Å². The summed E-state index contributed by atoms with van der Waals surface area (Å²) in [6.45, 7) is 3.87. The molecule has 0 aliphatic carbocycles. The van der Waals surface area contributed by atoms with Gasteiger partial charge in [0.1, 0.15) is 6.54 Å². The first-order valence-electron chi connectivity index (χ1n) is 6.49. The van der Waals surface area contributed by atoms with Crippen LogP contribution in [-0.2, 0) is 11.3 Å². The first kappa shape index (κ1) is 14.7. The quantitative estimate of drug-likeness (QED) is 0.873. The van der Waals surface area contributed by atoms with Crippen molar-refractivity contribution in [1.82, 2.24) is 15.0 Å². The van der Waals surface area contributed by atoms with Crippen molar-refractivity contribution in [2.75, 3.05) is 5.32 Å². The van der Waals surface area contributed by atoms with E-state index in [1.807, 2.05) is 38.1 Å². The minimum atomic E-state index is -1.17. The van der Waals surface area contributed by atoms with Crippen LogP contribution in [0.2, 0.25) is 0 Å². The highest BCUT2D eigenvalue weighted by molar-refractivity contribution is 5.92. The fourth-order valence-electron chi connectivity index (χ4n) is 1.98. The molecule has 0 aliphatic rings. The molecule has 2 N–H and O–H groups in total. The van der Waals surface area contributed by atoms with Crippen LogP contribution < -0.4 is 5.32 Å². The van der Waals surface area contributed by atoms with E-state index in [0.717, 1.165) is 22.1 Å². The monoisotopic (exact) mass is 288 g/mol. The van der Waals surface area contributed by atoms with Crippen molar-refractivity contribution in [1.29, 1.82) is 0 Å². The highest BCUT2D eigenvalue weighted by atomic mass is 16.4. The molecule has 0 fully saturated rings. The molecular formula is C14H16N4O3. The van der Waals surface area contributed by atoms with Gasteiger partial charge in [0.15, 0.2) is 5.69 Å². The Morgan fingerprint density at radius 3 is 2.71 bits per heavy atom. The van der Waals surface area contributed by atoms with Gasteiger partial charge in [-0.15, -0.1) is 5.10 Å². The number of rotatable bonds is 5. The Hall–Kier alpha value is -2.70. The summed E-state index contributed by atoms with van der Waals surface area (Å²) in [5.74, 6) is -1.26. The Morgan fingerprint density at radius 1 is 1.33 bits per heavy atom. The molecule has 0 saturated heterocycles. The predicted molar refractivity (Wildman–Crippen MR) is 76.1 cm³/mol. The van der Waals surface area contributed by atoms with E-state index in [1.54, 1.807) is 0 Å². The lowest BCUT2D eigenvalue weighted by atomic mass is 10.0. The van der Waals surface area contributed by atoms with E-state index in [0.29, 0.717) is 0 Å². The van der Waals surface area contributed by atoms with Crippen molar-refractivity contribution in [3.8, 4) is 0 Å². The number of nitrogens with one attached hydrogen (secondary N) is 1. The Balaban J connectivity index is 2.12. The molecule has 0 spiro atoms. The largest absolute Gasteiger partial charge is 0.476 e. The predicted octanol–water partition coefficient (Wildman–Crippen LogP) is 1.74. The number of amides is 1. The summed E-state index contributed by atoms with van der Waals surface area (Å²) < 4.78 is 1.05. The van der Waals surface area contributed by atoms with Gasteiger partial charge in [0, 0.05) is 5.69 Å². The number of carbonyl (C=O) groups excluding carboxylic acids is 1. The second-order valence-corrected chi connectivity index (χ2v) is 4.87. The molecule has 2 rings (SSSR count). The van der Waals surface area contributed by atoms with Gasteiger partial charge in [-0.3, -0.25) is 4.79 Å². The second kappa shape index (κ2) is 6.17. The number of hydrogen-bond acceptors (Lipinski definition) is 4. The zero-order chi connectivity index (χ0) is 15.4. The maximum absolute atomic E-state index is 12.0. The summed E-state index contributed by atoms with van der Waals surface area (Å²) in [6.07, 6.45) is 1.11. The molecule has 0 atom stereocenters. The van der Waals surface area contributed by atoms with Crippen molar-refractivity contribution >= 4 is 17.6 Å². The molecule has 0 saturated carbocycles. The molecule has 1 amide bonds. The van der Waals surface area contributed by atoms with Crippen molar-refractivity contribution in [2.45, 2.75) is 26.3 Å². The smallest absolute Gasteiger partial charge is 0.355 e. The maximum atomic E-state index is 12.0.